The Morgan fingerprint density at radius 2 is 1.61 bits per heavy atom. The summed E-state index contributed by atoms with van der Waals surface area (Å²) >= 11 is 2.19. The molecule has 0 aromatic heterocycles. The second-order valence-electron chi connectivity index (χ2n) is 3.76. The lowest BCUT2D eigenvalue weighted by Crippen LogP contribution is -1.93. The minimum atomic E-state index is -0.281. The molecule has 0 radical (unpaired) electrons. The van der Waals surface area contributed by atoms with Crippen molar-refractivity contribution >= 4 is 34.5 Å². The average Bonchev–Trinajstić information content (AvgIpc) is 2.38. The number of halogens is 2. The highest BCUT2D eigenvalue weighted by Crippen LogP contribution is 2.09. The van der Waals surface area contributed by atoms with Crippen molar-refractivity contribution in [3.05, 3.63) is 75.1 Å². The topological polar surface area (TPSA) is 17.1 Å². The second kappa shape index (κ2) is 5.91. The summed E-state index contributed by atoms with van der Waals surface area (Å²) in [6.07, 6.45) is 3.18. The van der Waals surface area contributed by atoms with Gasteiger partial charge in [0.05, 0.1) is 0 Å². The molecule has 0 aliphatic carbocycles. The molecule has 0 saturated carbocycles. The van der Waals surface area contributed by atoms with Gasteiger partial charge < -0.3 is 0 Å². The summed E-state index contributed by atoms with van der Waals surface area (Å²) < 4.78 is 13.8. The normalized spacial score (nSPS) is 10.8. The monoisotopic (exact) mass is 352 g/mol. The van der Waals surface area contributed by atoms with E-state index in [0.717, 1.165) is 9.13 Å². The highest BCUT2D eigenvalue weighted by atomic mass is 127. The van der Waals surface area contributed by atoms with Gasteiger partial charge in [-0.25, -0.2) is 4.39 Å². The van der Waals surface area contributed by atoms with Gasteiger partial charge in [0.15, 0.2) is 5.78 Å². The molecule has 0 unspecified atom stereocenters. The van der Waals surface area contributed by atoms with Crippen LogP contribution in [0.5, 0.6) is 0 Å². The number of carbonyl (C=O) groups excluding carboxylic acids is 1. The minimum absolute atomic E-state index is 0.0595. The Morgan fingerprint density at radius 3 is 2.22 bits per heavy atom. The van der Waals surface area contributed by atoms with Gasteiger partial charge in [0.2, 0.25) is 0 Å². The van der Waals surface area contributed by atoms with Crippen molar-refractivity contribution in [1.29, 1.82) is 0 Å². The van der Waals surface area contributed by atoms with E-state index < -0.39 is 0 Å². The molecule has 2 rings (SSSR count). The SMILES string of the molecule is O=C(C=Cc1ccc(F)cc1)c1ccc(I)cc1. The van der Waals surface area contributed by atoms with E-state index >= 15 is 0 Å². The maximum Gasteiger partial charge on any atom is 0.185 e. The summed E-state index contributed by atoms with van der Waals surface area (Å²) in [5, 5.41) is 0. The van der Waals surface area contributed by atoms with Crippen LogP contribution in [-0.4, -0.2) is 5.78 Å². The van der Waals surface area contributed by atoms with E-state index in [2.05, 4.69) is 22.6 Å². The molecule has 0 atom stereocenters. The highest BCUT2D eigenvalue weighted by molar-refractivity contribution is 14.1. The molecule has 90 valence electrons. The summed E-state index contributed by atoms with van der Waals surface area (Å²) in [6.45, 7) is 0. The molecule has 3 heteroatoms. The standard InChI is InChI=1S/C15H10FIO/c16-13-6-1-11(2-7-13)3-10-15(18)12-4-8-14(17)9-5-12/h1-10H. The Kier molecular flexibility index (Phi) is 4.25. The predicted molar refractivity (Wildman–Crippen MR) is 78.9 cm³/mol. The first kappa shape index (κ1) is 13.0. The lowest BCUT2D eigenvalue weighted by Gasteiger charge is -1.96. The fraction of sp³-hybridized carbons (Fsp3) is 0. The maximum atomic E-state index is 12.7. The number of rotatable bonds is 3. The van der Waals surface area contributed by atoms with E-state index in [1.54, 1.807) is 30.3 Å². The van der Waals surface area contributed by atoms with Gasteiger partial charge >= 0.3 is 0 Å². The maximum absolute atomic E-state index is 12.7. The average molecular weight is 352 g/mol. The molecule has 0 fully saturated rings. The van der Waals surface area contributed by atoms with E-state index in [1.165, 1.54) is 18.2 Å². The largest absolute Gasteiger partial charge is 0.289 e. The van der Waals surface area contributed by atoms with Gasteiger partial charge in [-0.15, -0.1) is 0 Å². The molecule has 0 bridgehead atoms. The van der Waals surface area contributed by atoms with Gasteiger partial charge in [-0.1, -0.05) is 30.3 Å². The van der Waals surface area contributed by atoms with Gasteiger partial charge in [-0.2, -0.15) is 0 Å². The van der Waals surface area contributed by atoms with Gasteiger partial charge in [0.25, 0.3) is 0 Å². The van der Waals surface area contributed by atoms with Crippen LogP contribution in [0.2, 0.25) is 0 Å². The van der Waals surface area contributed by atoms with E-state index in [-0.39, 0.29) is 11.6 Å². The van der Waals surface area contributed by atoms with Crippen LogP contribution in [0, 0.1) is 9.39 Å². The highest BCUT2D eigenvalue weighted by Gasteiger charge is 2.00. The summed E-state index contributed by atoms with van der Waals surface area (Å²) in [5.41, 5.74) is 1.45. The van der Waals surface area contributed by atoms with E-state index in [1.807, 2.05) is 12.1 Å². The van der Waals surface area contributed by atoms with Crippen molar-refractivity contribution in [3.63, 3.8) is 0 Å². The molecule has 0 aliphatic rings. The number of carbonyl (C=O) groups is 1. The smallest absolute Gasteiger partial charge is 0.185 e. The third kappa shape index (κ3) is 3.50. The fourth-order valence-electron chi connectivity index (χ4n) is 1.46. The van der Waals surface area contributed by atoms with E-state index in [9.17, 15) is 9.18 Å². The molecule has 1 nitrogen and oxygen atoms in total. The zero-order valence-corrected chi connectivity index (χ0v) is 11.6. The zero-order chi connectivity index (χ0) is 13.0. The molecule has 0 saturated heterocycles. The third-order valence-electron chi connectivity index (χ3n) is 2.43. The number of benzene rings is 2. The molecule has 2 aromatic carbocycles. The Bertz CT molecular complexity index is 570. The van der Waals surface area contributed by atoms with Gasteiger partial charge in [-0.3, -0.25) is 4.79 Å². The van der Waals surface area contributed by atoms with E-state index in [4.69, 9.17) is 0 Å². The molecular formula is C15H10FIO. The van der Waals surface area contributed by atoms with Crippen LogP contribution < -0.4 is 0 Å². The van der Waals surface area contributed by atoms with Crippen LogP contribution in [0.3, 0.4) is 0 Å². The summed E-state index contributed by atoms with van der Waals surface area (Å²) in [7, 11) is 0. The molecule has 0 aliphatic heterocycles. The Balaban J connectivity index is 2.11. The van der Waals surface area contributed by atoms with Gasteiger partial charge in [0, 0.05) is 9.13 Å². The first-order chi connectivity index (χ1) is 8.65. The summed E-state index contributed by atoms with van der Waals surface area (Å²) in [4.78, 5) is 11.8. The minimum Gasteiger partial charge on any atom is -0.289 e. The van der Waals surface area contributed by atoms with Crippen molar-refractivity contribution in [2.45, 2.75) is 0 Å². The van der Waals surface area contributed by atoms with Crippen molar-refractivity contribution in [2.75, 3.05) is 0 Å². The van der Waals surface area contributed by atoms with Crippen LogP contribution in [-0.2, 0) is 0 Å². The second-order valence-corrected chi connectivity index (χ2v) is 5.00. The first-order valence-electron chi connectivity index (χ1n) is 5.39. The number of allylic oxidation sites excluding steroid dienone is 1. The van der Waals surface area contributed by atoms with Gasteiger partial charge in [-0.05, 0) is 58.5 Å². The molecule has 0 N–H and O–H groups in total. The van der Waals surface area contributed by atoms with E-state index in [0.29, 0.717) is 5.56 Å². The van der Waals surface area contributed by atoms with Crippen molar-refractivity contribution < 1.29 is 9.18 Å². The van der Waals surface area contributed by atoms with Crippen molar-refractivity contribution in [2.24, 2.45) is 0 Å². The molecule has 0 spiro atoms. The summed E-state index contributed by atoms with van der Waals surface area (Å²) in [5.74, 6) is -0.341. The molecule has 0 amide bonds. The predicted octanol–water partition coefficient (Wildman–Crippen LogP) is 4.33. The number of hydrogen-bond acceptors (Lipinski definition) is 1. The number of hydrogen-bond donors (Lipinski definition) is 0. The van der Waals surface area contributed by atoms with Crippen molar-refractivity contribution in [3.8, 4) is 0 Å². The summed E-state index contributed by atoms with van der Waals surface area (Å²) in [6, 6.07) is 13.4. The van der Waals surface area contributed by atoms with Crippen LogP contribution >= 0.6 is 22.6 Å². The van der Waals surface area contributed by atoms with Crippen molar-refractivity contribution in [1.82, 2.24) is 0 Å². The molecule has 2 aromatic rings. The Hall–Kier alpha value is -1.49. The molecule has 18 heavy (non-hydrogen) atoms. The lowest BCUT2D eigenvalue weighted by molar-refractivity contribution is 0.104. The quantitative estimate of drug-likeness (QED) is 0.457. The number of ketones is 1. The van der Waals surface area contributed by atoms with Crippen LogP contribution in [0.25, 0.3) is 6.08 Å². The third-order valence-corrected chi connectivity index (χ3v) is 3.15. The Morgan fingerprint density at radius 1 is 1.00 bits per heavy atom. The first-order valence-corrected chi connectivity index (χ1v) is 6.46. The zero-order valence-electron chi connectivity index (χ0n) is 9.44. The Labute approximate surface area is 118 Å². The van der Waals surface area contributed by atoms with Gasteiger partial charge in [0.1, 0.15) is 5.82 Å². The van der Waals surface area contributed by atoms with Crippen LogP contribution in [0.15, 0.2) is 54.6 Å². The fourth-order valence-corrected chi connectivity index (χ4v) is 1.82. The van der Waals surface area contributed by atoms with Crippen LogP contribution in [0.1, 0.15) is 15.9 Å². The lowest BCUT2D eigenvalue weighted by atomic mass is 10.1. The molecular weight excluding hydrogens is 342 g/mol. The van der Waals surface area contributed by atoms with Crippen LogP contribution in [0.4, 0.5) is 4.39 Å². The molecule has 0 heterocycles.